The minimum atomic E-state index is 0.325. The Labute approximate surface area is 80.9 Å². The highest BCUT2D eigenvalue weighted by Gasteiger charge is 1.91. The fourth-order valence-electron chi connectivity index (χ4n) is 0.721. The SMILES string of the molecule is CC(C)N=Cc1cccc(Br)n1. The zero-order chi connectivity index (χ0) is 8.97. The molecule has 0 spiro atoms. The molecule has 12 heavy (non-hydrogen) atoms. The summed E-state index contributed by atoms with van der Waals surface area (Å²) >= 11 is 3.30. The van der Waals surface area contributed by atoms with Crippen LogP contribution < -0.4 is 0 Å². The van der Waals surface area contributed by atoms with Gasteiger partial charge in [-0.2, -0.15) is 0 Å². The Hall–Kier alpha value is -0.700. The Kier molecular flexibility index (Phi) is 3.41. The normalized spacial score (nSPS) is 11.3. The molecule has 0 saturated heterocycles. The van der Waals surface area contributed by atoms with E-state index in [4.69, 9.17) is 0 Å². The molecule has 0 aromatic carbocycles. The van der Waals surface area contributed by atoms with E-state index in [-0.39, 0.29) is 0 Å². The third-order valence-corrected chi connectivity index (χ3v) is 1.68. The van der Waals surface area contributed by atoms with Crippen LogP contribution in [0.5, 0.6) is 0 Å². The van der Waals surface area contributed by atoms with E-state index in [0.29, 0.717) is 6.04 Å². The first-order valence-corrected chi connectivity index (χ1v) is 4.63. The van der Waals surface area contributed by atoms with Crippen LogP contribution in [-0.2, 0) is 0 Å². The van der Waals surface area contributed by atoms with Crippen molar-refractivity contribution in [1.29, 1.82) is 0 Å². The molecule has 0 unspecified atom stereocenters. The number of hydrogen-bond acceptors (Lipinski definition) is 2. The molecule has 0 amide bonds. The van der Waals surface area contributed by atoms with E-state index in [9.17, 15) is 0 Å². The fourth-order valence-corrected chi connectivity index (χ4v) is 1.08. The van der Waals surface area contributed by atoms with Gasteiger partial charge >= 0.3 is 0 Å². The van der Waals surface area contributed by atoms with Gasteiger partial charge in [0.15, 0.2) is 0 Å². The Balaban J connectivity index is 2.76. The lowest BCUT2D eigenvalue weighted by Crippen LogP contribution is -1.92. The number of pyridine rings is 1. The second-order valence-electron chi connectivity index (χ2n) is 2.76. The van der Waals surface area contributed by atoms with Crippen molar-refractivity contribution in [3.63, 3.8) is 0 Å². The second kappa shape index (κ2) is 4.36. The zero-order valence-corrected chi connectivity index (χ0v) is 8.75. The van der Waals surface area contributed by atoms with E-state index in [0.717, 1.165) is 10.3 Å². The highest BCUT2D eigenvalue weighted by atomic mass is 79.9. The van der Waals surface area contributed by atoms with Crippen molar-refractivity contribution in [1.82, 2.24) is 4.98 Å². The molecular weight excluding hydrogens is 216 g/mol. The van der Waals surface area contributed by atoms with E-state index in [1.165, 1.54) is 0 Å². The molecule has 1 heterocycles. The average molecular weight is 227 g/mol. The quantitative estimate of drug-likeness (QED) is 0.563. The Bertz CT molecular complexity index is 282. The van der Waals surface area contributed by atoms with Gasteiger partial charge in [-0.3, -0.25) is 4.99 Å². The molecule has 0 aliphatic heterocycles. The topological polar surface area (TPSA) is 25.2 Å². The summed E-state index contributed by atoms with van der Waals surface area (Å²) in [5.74, 6) is 0. The van der Waals surface area contributed by atoms with Gasteiger partial charge in [0.1, 0.15) is 4.60 Å². The number of halogens is 1. The second-order valence-corrected chi connectivity index (χ2v) is 3.57. The summed E-state index contributed by atoms with van der Waals surface area (Å²) in [7, 11) is 0. The highest BCUT2D eigenvalue weighted by molar-refractivity contribution is 9.10. The molecule has 0 saturated carbocycles. The maximum atomic E-state index is 4.23. The van der Waals surface area contributed by atoms with Crippen LogP contribution >= 0.6 is 15.9 Å². The summed E-state index contributed by atoms with van der Waals surface area (Å²) in [6.07, 6.45) is 1.79. The lowest BCUT2D eigenvalue weighted by molar-refractivity contribution is 0.840. The van der Waals surface area contributed by atoms with Crippen LogP contribution in [0.3, 0.4) is 0 Å². The number of aromatic nitrogens is 1. The predicted octanol–water partition coefficient (Wildman–Crippen LogP) is 2.67. The first kappa shape index (κ1) is 9.39. The van der Waals surface area contributed by atoms with Crippen LogP contribution in [-0.4, -0.2) is 17.2 Å². The molecule has 0 bridgehead atoms. The van der Waals surface area contributed by atoms with Gasteiger partial charge in [-0.25, -0.2) is 4.98 Å². The maximum absolute atomic E-state index is 4.23. The molecule has 1 rings (SSSR count). The average Bonchev–Trinajstić information content (AvgIpc) is 2.01. The summed E-state index contributed by atoms with van der Waals surface area (Å²) in [6, 6.07) is 6.09. The Morgan fingerprint density at radius 3 is 2.83 bits per heavy atom. The minimum absolute atomic E-state index is 0.325. The van der Waals surface area contributed by atoms with E-state index in [2.05, 4.69) is 25.9 Å². The Morgan fingerprint density at radius 1 is 1.50 bits per heavy atom. The van der Waals surface area contributed by atoms with E-state index < -0.39 is 0 Å². The van der Waals surface area contributed by atoms with Gasteiger partial charge in [-0.05, 0) is 41.9 Å². The number of hydrogen-bond donors (Lipinski definition) is 0. The molecule has 0 N–H and O–H groups in total. The van der Waals surface area contributed by atoms with Gasteiger partial charge in [0.2, 0.25) is 0 Å². The zero-order valence-electron chi connectivity index (χ0n) is 7.16. The standard InChI is InChI=1S/C9H11BrN2/c1-7(2)11-6-8-4-3-5-9(10)12-8/h3-7H,1-2H3. The van der Waals surface area contributed by atoms with Crippen LogP contribution in [0.15, 0.2) is 27.8 Å². The van der Waals surface area contributed by atoms with E-state index in [1.807, 2.05) is 32.0 Å². The summed E-state index contributed by atoms with van der Waals surface area (Å²) in [4.78, 5) is 8.44. The molecule has 0 atom stereocenters. The largest absolute Gasteiger partial charge is 0.288 e. The predicted molar refractivity (Wildman–Crippen MR) is 54.7 cm³/mol. The molecule has 3 heteroatoms. The van der Waals surface area contributed by atoms with Crippen molar-refractivity contribution in [2.75, 3.05) is 0 Å². The molecule has 64 valence electrons. The fraction of sp³-hybridized carbons (Fsp3) is 0.333. The summed E-state index contributed by atoms with van der Waals surface area (Å²) in [5.41, 5.74) is 0.887. The first-order chi connectivity index (χ1) is 5.68. The minimum Gasteiger partial charge on any atom is -0.288 e. The molecule has 2 nitrogen and oxygen atoms in total. The molecule has 0 radical (unpaired) electrons. The highest BCUT2D eigenvalue weighted by Crippen LogP contribution is 2.04. The van der Waals surface area contributed by atoms with Gasteiger partial charge in [0.25, 0.3) is 0 Å². The van der Waals surface area contributed by atoms with E-state index >= 15 is 0 Å². The third-order valence-electron chi connectivity index (χ3n) is 1.24. The van der Waals surface area contributed by atoms with Crippen LogP contribution in [0.4, 0.5) is 0 Å². The smallest absolute Gasteiger partial charge is 0.106 e. The lowest BCUT2D eigenvalue weighted by Gasteiger charge is -1.95. The number of nitrogens with zero attached hydrogens (tertiary/aromatic N) is 2. The van der Waals surface area contributed by atoms with Gasteiger partial charge in [-0.1, -0.05) is 6.07 Å². The van der Waals surface area contributed by atoms with Crippen molar-refractivity contribution in [2.24, 2.45) is 4.99 Å². The first-order valence-electron chi connectivity index (χ1n) is 3.84. The van der Waals surface area contributed by atoms with Gasteiger partial charge in [0.05, 0.1) is 5.69 Å². The molecule has 0 aliphatic rings. The molecule has 1 aromatic rings. The van der Waals surface area contributed by atoms with Crippen molar-refractivity contribution in [3.05, 3.63) is 28.5 Å². The van der Waals surface area contributed by atoms with Crippen LogP contribution in [0.25, 0.3) is 0 Å². The maximum Gasteiger partial charge on any atom is 0.106 e. The summed E-state index contributed by atoms with van der Waals surface area (Å²) < 4.78 is 0.843. The number of aliphatic imine (C=N–C) groups is 1. The summed E-state index contributed by atoms with van der Waals surface area (Å²) in [6.45, 7) is 4.07. The van der Waals surface area contributed by atoms with Crippen molar-refractivity contribution < 1.29 is 0 Å². The lowest BCUT2D eigenvalue weighted by atomic mass is 10.3. The van der Waals surface area contributed by atoms with Crippen molar-refractivity contribution in [2.45, 2.75) is 19.9 Å². The monoisotopic (exact) mass is 226 g/mol. The molecular formula is C9H11BrN2. The molecule has 0 fully saturated rings. The molecule has 0 aliphatic carbocycles. The number of rotatable bonds is 2. The van der Waals surface area contributed by atoms with Crippen LogP contribution in [0, 0.1) is 0 Å². The van der Waals surface area contributed by atoms with Gasteiger partial charge in [0, 0.05) is 12.3 Å². The third kappa shape index (κ3) is 3.13. The summed E-state index contributed by atoms with van der Waals surface area (Å²) in [5, 5.41) is 0. The van der Waals surface area contributed by atoms with Crippen molar-refractivity contribution in [3.8, 4) is 0 Å². The van der Waals surface area contributed by atoms with Gasteiger partial charge in [-0.15, -0.1) is 0 Å². The molecule has 1 aromatic heterocycles. The van der Waals surface area contributed by atoms with E-state index in [1.54, 1.807) is 6.21 Å². The van der Waals surface area contributed by atoms with Crippen LogP contribution in [0.2, 0.25) is 0 Å². The van der Waals surface area contributed by atoms with Crippen LogP contribution in [0.1, 0.15) is 19.5 Å². The van der Waals surface area contributed by atoms with Gasteiger partial charge < -0.3 is 0 Å². The van der Waals surface area contributed by atoms with Crippen molar-refractivity contribution >= 4 is 22.1 Å². The Morgan fingerprint density at radius 2 is 2.25 bits per heavy atom.